The molecule has 0 radical (unpaired) electrons. The Hall–Kier alpha value is -8.20. The van der Waals surface area contributed by atoms with E-state index < -0.39 is 5.41 Å². The van der Waals surface area contributed by atoms with Gasteiger partial charge in [0.15, 0.2) is 0 Å². The van der Waals surface area contributed by atoms with Crippen LogP contribution in [0.1, 0.15) is 70.8 Å². The Balaban J connectivity index is 1.04. The first kappa shape index (κ1) is 39.0. The van der Waals surface area contributed by atoms with Crippen molar-refractivity contribution in [3.63, 3.8) is 0 Å². The number of anilines is 6. The highest BCUT2D eigenvalue weighted by atomic mass is 15.2. The van der Waals surface area contributed by atoms with Crippen molar-refractivity contribution in [2.75, 3.05) is 9.80 Å². The molecule has 10 aromatic carbocycles. The molecule has 3 aliphatic carbocycles. The van der Waals surface area contributed by atoms with Crippen molar-refractivity contribution < 1.29 is 0 Å². The van der Waals surface area contributed by atoms with E-state index in [1.54, 1.807) is 0 Å². The molecule has 68 heavy (non-hydrogen) atoms. The fourth-order valence-electron chi connectivity index (χ4n) is 13.1. The van der Waals surface area contributed by atoms with Crippen molar-refractivity contribution in [3.05, 3.63) is 287 Å². The minimum absolute atomic E-state index is 0.164. The Labute approximate surface area is 399 Å². The zero-order chi connectivity index (χ0) is 45.4. The molecule has 2 heteroatoms. The van der Waals surface area contributed by atoms with Crippen molar-refractivity contribution in [3.8, 4) is 33.4 Å². The summed E-state index contributed by atoms with van der Waals surface area (Å²) >= 11 is 0. The topological polar surface area (TPSA) is 6.48 Å². The van der Waals surface area contributed by atoms with Crippen LogP contribution in [0.25, 0.3) is 33.4 Å². The fourth-order valence-corrected chi connectivity index (χ4v) is 13.1. The predicted octanol–water partition coefficient (Wildman–Crippen LogP) is 16.9. The van der Waals surface area contributed by atoms with Crippen molar-refractivity contribution in [2.24, 2.45) is 0 Å². The van der Waals surface area contributed by atoms with E-state index in [0.717, 1.165) is 22.7 Å². The lowest BCUT2D eigenvalue weighted by Gasteiger charge is -2.45. The molecule has 322 valence electrons. The first-order valence-corrected chi connectivity index (χ1v) is 24.0. The molecule has 1 spiro atoms. The summed E-state index contributed by atoms with van der Waals surface area (Å²) in [6.07, 6.45) is 0. The Morgan fingerprint density at radius 3 is 1.31 bits per heavy atom. The maximum atomic E-state index is 2.54. The van der Waals surface area contributed by atoms with E-state index in [9.17, 15) is 0 Å². The molecule has 0 saturated heterocycles. The highest BCUT2D eigenvalue weighted by Crippen LogP contribution is 2.64. The summed E-state index contributed by atoms with van der Waals surface area (Å²) in [6, 6.07) is 89.0. The second kappa shape index (κ2) is 14.2. The molecular weight excluding hydrogens is 821 g/mol. The minimum atomic E-state index is -0.584. The van der Waals surface area contributed by atoms with E-state index in [4.69, 9.17) is 0 Å². The van der Waals surface area contributed by atoms with Gasteiger partial charge in [-0.05, 0) is 151 Å². The lowest BCUT2D eigenvalue weighted by molar-refractivity contribution is 0.660. The Kier molecular flexibility index (Phi) is 8.12. The Morgan fingerprint density at radius 2 is 0.706 bits per heavy atom. The number of fused-ring (bicyclic) bond motifs is 15. The van der Waals surface area contributed by atoms with Crippen LogP contribution in [0.15, 0.2) is 237 Å². The van der Waals surface area contributed by atoms with Crippen LogP contribution < -0.4 is 9.80 Å². The minimum Gasteiger partial charge on any atom is -0.310 e. The van der Waals surface area contributed by atoms with Crippen LogP contribution in [-0.2, 0) is 16.2 Å². The molecule has 14 rings (SSSR count). The van der Waals surface area contributed by atoms with Gasteiger partial charge in [-0.25, -0.2) is 0 Å². The third-order valence-electron chi connectivity index (χ3n) is 16.1. The van der Waals surface area contributed by atoms with E-state index in [2.05, 4.69) is 267 Å². The van der Waals surface area contributed by atoms with Crippen LogP contribution >= 0.6 is 0 Å². The second-order valence-corrected chi connectivity index (χ2v) is 19.7. The summed E-state index contributed by atoms with van der Waals surface area (Å²) in [7, 11) is 0. The van der Waals surface area contributed by atoms with Gasteiger partial charge in [0, 0.05) is 33.6 Å². The van der Waals surface area contributed by atoms with Crippen molar-refractivity contribution >= 4 is 34.1 Å². The normalized spacial score (nSPS) is 16.7. The predicted molar refractivity (Wildman–Crippen MR) is 282 cm³/mol. The zero-order valence-electron chi connectivity index (χ0n) is 38.4. The molecule has 1 aliphatic heterocycles. The number of nitrogens with zero attached hydrogens (tertiary/aromatic N) is 2. The lowest BCUT2D eigenvalue weighted by atomic mass is 9.64. The summed E-state index contributed by atoms with van der Waals surface area (Å²) in [5, 5.41) is 0. The van der Waals surface area contributed by atoms with E-state index in [-0.39, 0.29) is 10.8 Å². The molecule has 0 fully saturated rings. The van der Waals surface area contributed by atoms with Crippen molar-refractivity contribution in [1.82, 2.24) is 0 Å². The first-order valence-electron chi connectivity index (χ1n) is 24.0. The number of rotatable bonds is 5. The van der Waals surface area contributed by atoms with Gasteiger partial charge in [0.1, 0.15) is 0 Å². The molecule has 0 saturated carbocycles. The third-order valence-corrected chi connectivity index (χ3v) is 16.1. The highest BCUT2D eigenvalue weighted by molar-refractivity contribution is 5.98. The average molecular weight is 869 g/mol. The molecule has 0 aromatic heterocycles. The smallest absolute Gasteiger partial charge is 0.0755 e. The van der Waals surface area contributed by atoms with E-state index in [0.29, 0.717) is 0 Å². The van der Waals surface area contributed by atoms with Gasteiger partial charge in [-0.1, -0.05) is 190 Å². The van der Waals surface area contributed by atoms with Crippen LogP contribution in [0.4, 0.5) is 34.1 Å². The molecule has 2 nitrogen and oxygen atoms in total. The standard InChI is InChI=1S/C66H48N2/c1-64(2)54-27-13-10-24-48(54)51-37-34-45(40-59(51)64)67(46-35-38-52-49-25-11-14-28-55(49)65(3,60(52)41-46)43-20-6-4-7-21-43)47-36-39-53-50-26-12-15-29-56(50)66(61(53)42-47)57-30-16-18-32-62(57)68(44-22-8-5-9-23-44)63-33-19-17-31-58(63)66/h4-42H,1-3H3. The summed E-state index contributed by atoms with van der Waals surface area (Å²) in [6.45, 7) is 7.19. The van der Waals surface area contributed by atoms with Gasteiger partial charge in [-0.3, -0.25) is 0 Å². The van der Waals surface area contributed by atoms with Crippen molar-refractivity contribution in [2.45, 2.75) is 37.0 Å². The van der Waals surface area contributed by atoms with E-state index in [1.165, 1.54) is 94.8 Å². The van der Waals surface area contributed by atoms with Gasteiger partial charge in [0.25, 0.3) is 0 Å². The summed E-state index contributed by atoms with van der Waals surface area (Å²) in [5.41, 5.74) is 25.5. The number of benzene rings is 10. The Morgan fingerprint density at radius 1 is 0.309 bits per heavy atom. The van der Waals surface area contributed by atoms with Gasteiger partial charge >= 0.3 is 0 Å². The quantitative estimate of drug-likeness (QED) is 0.170. The first-order chi connectivity index (χ1) is 33.4. The molecule has 0 amide bonds. The molecular formula is C66H48N2. The van der Waals surface area contributed by atoms with Crippen LogP contribution in [0.2, 0.25) is 0 Å². The highest BCUT2D eigenvalue weighted by Gasteiger charge is 2.52. The van der Waals surface area contributed by atoms with Gasteiger partial charge < -0.3 is 9.80 Å². The zero-order valence-corrected chi connectivity index (χ0v) is 38.4. The fraction of sp³-hybridized carbons (Fsp3) is 0.0909. The van der Waals surface area contributed by atoms with Gasteiger partial charge in [0.05, 0.1) is 16.8 Å². The maximum Gasteiger partial charge on any atom is 0.0755 e. The largest absolute Gasteiger partial charge is 0.310 e. The summed E-state index contributed by atoms with van der Waals surface area (Å²) in [5.74, 6) is 0. The molecule has 10 aromatic rings. The van der Waals surface area contributed by atoms with Crippen LogP contribution in [-0.4, -0.2) is 0 Å². The molecule has 4 aliphatic rings. The summed E-state index contributed by atoms with van der Waals surface area (Å²) < 4.78 is 0. The summed E-state index contributed by atoms with van der Waals surface area (Å²) in [4.78, 5) is 5.01. The number of para-hydroxylation sites is 3. The molecule has 1 unspecified atom stereocenters. The number of hydrogen-bond acceptors (Lipinski definition) is 2. The van der Waals surface area contributed by atoms with Crippen LogP contribution in [0.5, 0.6) is 0 Å². The average Bonchev–Trinajstić information content (AvgIpc) is 3.92. The molecule has 0 N–H and O–H groups in total. The second-order valence-electron chi connectivity index (χ2n) is 19.7. The lowest BCUT2D eigenvalue weighted by Crippen LogP contribution is -2.36. The van der Waals surface area contributed by atoms with Crippen LogP contribution in [0, 0.1) is 0 Å². The molecule has 1 atom stereocenters. The van der Waals surface area contributed by atoms with E-state index in [1.807, 2.05) is 0 Å². The Bertz CT molecular complexity index is 3650. The number of hydrogen-bond donors (Lipinski definition) is 0. The third kappa shape index (κ3) is 5.07. The maximum absolute atomic E-state index is 2.54. The van der Waals surface area contributed by atoms with Crippen LogP contribution in [0.3, 0.4) is 0 Å². The van der Waals surface area contributed by atoms with Gasteiger partial charge in [-0.2, -0.15) is 0 Å². The molecule has 1 heterocycles. The monoisotopic (exact) mass is 868 g/mol. The van der Waals surface area contributed by atoms with Gasteiger partial charge in [-0.15, -0.1) is 0 Å². The SMILES string of the molecule is CC1(C)c2ccccc2-c2ccc(N(c3ccc4c(c3)C(C)(c3ccccc3)c3ccccc3-4)c3ccc4c(c3)C3(c5ccccc5-4)c4ccccc4N(c4ccccc4)c4ccccc43)cc21. The van der Waals surface area contributed by atoms with Crippen molar-refractivity contribution in [1.29, 1.82) is 0 Å². The van der Waals surface area contributed by atoms with E-state index >= 15 is 0 Å². The van der Waals surface area contributed by atoms with Gasteiger partial charge in [0.2, 0.25) is 0 Å². The molecule has 0 bridgehead atoms.